The molecule has 0 aliphatic heterocycles. The van der Waals surface area contributed by atoms with Gasteiger partial charge in [-0.05, 0) is 34.9 Å². The van der Waals surface area contributed by atoms with E-state index < -0.39 is 5.97 Å². The van der Waals surface area contributed by atoms with Crippen molar-refractivity contribution in [1.29, 1.82) is 0 Å². The van der Waals surface area contributed by atoms with Crippen molar-refractivity contribution in [3.05, 3.63) is 139 Å². The number of carbonyl (C=O) groups excluding carboxylic acids is 2. The minimum Gasteiger partial charge on any atom is -1.00 e. The van der Waals surface area contributed by atoms with Crippen LogP contribution in [0.25, 0.3) is 22.4 Å². The Labute approximate surface area is 265 Å². The van der Waals surface area contributed by atoms with Gasteiger partial charge in [-0.3, -0.25) is 4.98 Å². The van der Waals surface area contributed by atoms with Gasteiger partial charge in [0.2, 0.25) is 0 Å². The number of carbonyl (C=O) groups is 1. The highest BCUT2D eigenvalue weighted by atomic mass is 79.9. The predicted molar refractivity (Wildman–Crippen MR) is 148 cm³/mol. The van der Waals surface area contributed by atoms with Crippen molar-refractivity contribution < 1.29 is 62.6 Å². The molecule has 1 N–H and O–H groups in total. The molecule has 2 aromatic carbocycles. The van der Waals surface area contributed by atoms with Gasteiger partial charge in [-0.2, -0.15) is 9.59 Å². The molecule has 0 atom stereocenters. The topological polar surface area (TPSA) is 92.1 Å². The third-order valence-corrected chi connectivity index (χ3v) is 6.54. The molecule has 3 heterocycles. The fraction of sp³-hybridized carbons (Fsp3) is 0.121. The minimum atomic E-state index is -0.899. The van der Waals surface area contributed by atoms with E-state index in [0.29, 0.717) is 5.56 Å². The van der Waals surface area contributed by atoms with Gasteiger partial charge >= 0.3 is 12.1 Å². The van der Waals surface area contributed by atoms with Gasteiger partial charge in [0.05, 0.1) is 11.3 Å². The van der Waals surface area contributed by atoms with E-state index in [2.05, 4.69) is 94.6 Å². The molecule has 0 bridgehead atoms. The number of hydrogen-bond donors (Lipinski definition) is 1. The van der Waals surface area contributed by atoms with Crippen LogP contribution >= 0.6 is 0 Å². The standard InChI is InChI=1S/C32H28N3O2.CO2.2BrH/c36-32(37)29-8-6-26(7-9-29)13-19-35-22-16-28(17-23-35)31-11-10-30(24-33-31)27-14-20-34(21-15-27)18-12-25-4-2-1-3-5-25;2-1-3;;/h1-11,14-17,20-24H,12-13,18-19H2;;2*1H/q+1;;;/p-1. The number of aromatic nitrogens is 3. The lowest BCUT2D eigenvalue weighted by atomic mass is 10.1. The molecule has 0 fully saturated rings. The zero-order chi connectivity index (χ0) is 28.2. The summed E-state index contributed by atoms with van der Waals surface area (Å²) in [5, 5.41) is 9.03. The number of aryl methyl sites for hydroxylation is 4. The molecule has 0 amide bonds. The van der Waals surface area contributed by atoms with Crippen molar-refractivity contribution >= 4 is 12.1 Å². The smallest absolute Gasteiger partial charge is 0.373 e. The number of halogens is 2. The Morgan fingerprint density at radius 3 is 1.62 bits per heavy atom. The zero-order valence-corrected chi connectivity index (χ0v) is 25.8. The molecular formula is C33H29Br2N3O4. The molecule has 5 rings (SSSR count). The van der Waals surface area contributed by atoms with Crippen molar-refractivity contribution in [2.75, 3.05) is 0 Å². The van der Waals surface area contributed by atoms with Gasteiger partial charge < -0.3 is 39.1 Å². The van der Waals surface area contributed by atoms with E-state index in [1.165, 1.54) is 5.56 Å². The van der Waals surface area contributed by atoms with E-state index in [9.17, 15) is 4.79 Å². The third kappa shape index (κ3) is 9.96. The summed E-state index contributed by atoms with van der Waals surface area (Å²) < 4.78 is 4.34. The maximum absolute atomic E-state index is 11.0. The molecule has 0 radical (unpaired) electrons. The van der Waals surface area contributed by atoms with Gasteiger partial charge in [0.1, 0.15) is 0 Å². The Morgan fingerprint density at radius 1 is 0.643 bits per heavy atom. The van der Waals surface area contributed by atoms with Gasteiger partial charge in [0.15, 0.2) is 37.9 Å². The Balaban J connectivity index is 0.00000118. The Morgan fingerprint density at radius 2 is 1.14 bits per heavy atom. The highest BCUT2D eigenvalue weighted by molar-refractivity contribution is 5.87. The average molecular weight is 691 g/mol. The fourth-order valence-corrected chi connectivity index (χ4v) is 4.29. The lowest BCUT2D eigenvalue weighted by Gasteiger charge is -2.05. The average Bonchev–Trinajstić information content (AvgIpc) is 3.01. The molecule has 0 saturated heterocycles. The number of benzene rings is 2. The number of carboxylic acids is 1. The summed E-state index contributed by atoms with van der Waals surface area (Å²) in [6.45, 7) is 1.77. The number of aromatic carboxylic acids is 1. The van der Waals surface area contributed by atoms with E-state index in [-0.39, 0.29) is 40.1 Å². The molecule has 0 saturated carbocycles. The molecule has 5 aromatic rings. The van der Waals surface area contributed by atoms with Crippen LogP contribution in [0.1, 0.15) is 21.5 Å². The van der Waals surface area contributed by atoms with Crippen LogP contribution in [0.15, 0.2) is 122 Å². The lowest BCUT2D eigenvalue weighted by molar-refractivity contribution is -0.696. The maximum Gasteiger partial charge on any atom is 0.373 e. The summed E-state index contributed by atoms with van der Waals surface area (Å²) in [6.07, 6.45) is 12.4. The second kappa shape index (κ2) is 17.5. The maximum atomic E-state index is 11.0. The minimum absolute atomic E-state index is 0. The monoisotopic (exact) mass is 689 g/mol. The number of nitrogens with zero attached hydrogens (tertiary/aromatic N) is 3. The first-order valence-corrected chi connectivity index (χ1v) is 12.9. The van der Waals surface area contributed by atoms with Gasteiger partial charge in [0, 0.05) is 54.4 Å². The Kier molecular flexibility index (Phi) is 14.1. The predicted octanol–water partition coefficient (Wildman–Crippen LogP) is -1.40. The van der Waals surface area contributed by atoms with E-state index in [0.717, 1.165) is 53.9 Å². The van der Waals surface area contributed by atoms with Gasteiger partial charge in [0.25, 0.3) is 0 Å². The number of rotatable bonds is 9. The number of pyridine rings is 3. The van der Waals surface area contributed by atoms with E-state index >= 15 is 0 Å². The van der Waals surface area contributed by atoms with Gasteiger partial charge in [-0.25, -0.2) is 13.9 Å². The quantitative estimate of drug-likeness (QED) is 0.192. The van der Waals surface area contributed by atoms with E-state index in [1.807, 2.05) is 24.4 Å². The molecule has 0 spiro atoms. The summed E-state index contributed by atoms with van der Waals surface area (Å²) in [4.78, 5) is 32.0. The van der Waals surface area contributed by atoms with Crippen LogP contribution in [0.2, 0.25) is 0 Å². The van der Waals surface area contributed by atoms with E-state index in [1.54, 1.807) is 12.1 Å². The molecule has 42 heavy (non-hydrogen) atoms. The number of hydrogen-bond acceptors (Lipinski definition) is 4. The molecule has 0 aliphatic carbocycles. The first-order valence-electron chi connectivity index (χ1n) is 12.9. The number of carboxylic acid groups (broad SMARTS) is 1. The van der Waals surface area contributed by atoms with Crippen molar-refractivity contribution in [2.24, 2.45) is 0 Å². The second-order valence-corrected chi connectivity index (χ2v) is 9.15. The summed E-state index contributed by atoms with van der Waals surface area (Å²) in [6, 6.07) is 30.2. The molecule has 7 nitrogen and oxygen atoms in total. The first kappa shape index (κ1) is 33.9. The lowest BCUT2D eigenvalue weighted by Crippen LogP contribution is -3.00. The van der Waals surface area contributed by atoms with Gasteiger partial charge in [-0.1, -0.05) is 48.5 Å². The molecule has 214 valence electrons. The van der Waals surface area contributed by atoms with E-state index in [4.69, 9.17) is 19.7 Å². The van der Waals surface area contributed by atoms with Crippen LogP contribution in [0.4, 0.5) is 0 Å². The summed E-state index contributed by atoms with van der Waals surface area (Å²) in [5.41, 5.74) is 7.03. The van der Waals surface area contributed by atoms with Crippen molar-refractivity contribution in [3.8, 4) is 22.4 Å². The second-order valence-electron chi connectivity index (χ2n) is 9.15. The molecule has 0 aliphatic rings. The fourth-order valence-electron chi connectivity index (χ4n) is 4.29. The van der Waals surface area contributed by atoms with Crippen molar-refractivity contribution in [2.45, 2.75) is 25.9 Å². The zero-order valence-electron chi connectivity index (χ0n) is 22.6. The summed E-state index contributed by atoms with van der Waals surface area (Å²) in [7, 11) is 0. The molecule has 3 aromatic heterocycles. The first-order chi connectivity index (χ1) is 19.6. The Bertz CT molecular complexity index is 1560. The Hall–Kier alpha value is -4.30. The highest BCUT2D eigenvalue weighted by Crippen LogP contribution is 2.21. The van der Waals surface area contributed by atoms with Crippen LogP contribution in [0.5, 0.6) is 0 Å². The van der Waals surface area contributed by atoms with Crippen LogP contribution < -0.4 is 43.1 Å². The largest absolute Gasteiger partial charge is 1.00 e. The van der Waals surface area contributed by atoms with Gasteiger partial charge in [-0.15, -0.1) is 0 Å². The van der Waals surface area contributed by atoms with Crippen molar-refractivity contribution in [3.63, 3.8) is 0 Å². The van der Waals surface area contributed by atoms with Crippen LogP contribution in [-0.2, 0) is 35.5 Å². The normalized spacial score (nSPS) is 9.71. The summed E-state index contributed by atoms with van der Waals surface area (Å²) >= 11 is 0. The SMILES string of the molecule is O=C(O)c1ccc(CC[n+]2ccc(-c3ccc(-c4cc[n+](CCc5ccccc5)cc4)cn3)cc2)cc1.O=C=O.[Br-].[Br-]. The van der Waals surface area contributed by atoms with Crippen LogP contribution in [-0.4, -0.2) is 22.2 Å². The molecular weight excluding hydrogens is 662 g/mol. The third-order valence-electron chi connectivity index (χ3n) is 6.54. The molecule has 9 heteroatoms. The van der Waals surface area contributed by atoms with Crippen LogP contribution in [0.3, 0.4) is 0 Å². The van der Waals surface area contributed by atoms with Crippen molar-refractivity contribution in [1.82, 2.24) is 4.98 Å². The summed E-state index contributed by atoms with van der Waals surface area (Å²) in [5.74, 6) is -0.899. The highest BCUT2D eigenvalue weighted by Gasteiger charge is 2.08. The molecule has 0 unspecified atom stereocenters. The van der Waals surface area contributed by atoms with Crippen LogP contribution in [0, 0.1) is 0 Å².